The highest BCUT2D eigenvalue weighted by Gasteiger charge is 2.30. The third kappa shape index (κ3) is 3.68. The Hall–Kier alpha value is -2.54. The van der Waals surface area contributed by atoms with Crippen LogP contribution in [0.2, 0.25) is 0 Å². The van der Waals surface area contributed by atoms with Gasteiger partial charge in [0.1, 0.15) is 0 Å². The summed E-state index contributed by atoms with van der Waals surface area (Å²) < 4.78 is 15.8. The maximum absolute atomic E-state index is 12.7. The highest BCUT2D eigenvalue weighted by Crippen LogP contribution is 2.33. The van der Waals surface area contributed by atoms with Gasteiger partial charge >= 0.3 is 5.97 Å². The predicted molar refractivity (Wildman–Crippen MR) is 86.7 cm³/mol. The minimum Gasteiger partial charge on any atom is -0.493 e. The number of carboxylic acid groups (broad SMARTS) is 1. The van der Waals surface area contributed by atoms with Crippen LogP contribution in [-0.4, -0.2) is 61.9 Å². The Labute approximate surface area is 140 Å². The van der Waals surface area contributed by atoms with Gasteiger partial charge in [0, 0.05) is 17.7 Å². The van der Waals surface area contributed by atoms with Gasteiger partial charge < -0.3 is 24.2 Å². The Morgan fingerprint density at radius 3 is 2.75 bits per heavy atom. The molecule has 1 aliphatic heterocycles. The molecule has 7 heteroatoms. The summed E-state index contributed by atoms with van der Waals surface area (Å²) in [5, 5.41) is 9.06. The monoisotopic (exact) mass is 335 g/mol. The summed E-state index contributed by atoms with van der Waals surface area (Å²) >= 11 is 0. The number of allylic oxidation sites excluding steroid dienone is 1. The largest absolute Gasteiger partial charge is 0.493 e. The lowest BCUT2D eigenvalue weighted by molar-refractivity contribution is -0.154. The van der Waals surface area contributed by atoms with Crippen molar-refractivity contribution in [1.82, 2.24) is 4.90 Å². The van der Waals surface area contributed by atoms with Crippen LogP contribution in [0.4, 0.5) is 0 Å². The van der Waals surface area contributed by atoms with Gasteiger partial charge in [0.25, 0.3) is 5.91 Å². The molecule has 1 unspecified atom stereocenters. The molecule has 0 saturated carbocycles. The summed E-state index contributed by atoms with van der Waals surface area (Å²) in [6, 6.07) is 3.32. The van der Waals surface area contributed by atoms with Crippen molar-refractivity contribution in [2.75, 3.05) is 33.9 Å². The van der Waals surface area contributed by atoms with Gasteiger partial charge in [-0.15, -0.1) is 6.58 Å². The molecule has 1 aromatic rings. The second kappa shape index (κ2) is 7.83. The number of amides is 1. The van der Waals surface area contributed by atoms with Gasteiger partial charge in [-0.3, -0.25) is 4.79 Å². The first-order valence-electron chi connectivity index (χ1n) is 7.51. The van der Waals surface area contributed by atoms with Crippen LogP contribution in [0.25, 0.3) is 0 Å². The first-order chi connectivity index (χ1) is 11.5. The summed E-state index contributed by atoms with van der Waals surface area (Å²) in [5.74, 6) is -0.342. The Bertz CT molecular complexity index is 642. The van der Waals surface area contributed by atoms with Crippen molar-refractivity contribution in [3.63, 3.8) is 0 Å². The Kier molecular flexibility index (Phi) is 5.81. The molecule has 1 heterocycles. The summed E-state index contributed by atoms with van der Waals surface area (Å²) in [4.78, 5) is 25.3. The molecule has 0 radical (unpaired) electrons. The van der Waals surface area contributed by atoms with Crippen molar-refractivity contribution in [3.05, 3.63) is 35.9 Å². The molecule has 7 nitrogen and oxygen atoms in total. The lowest BCUT2D eigenvalue weighted by Gasteiger charge is -2.31. The second-order valence-corrected chi connectivity index (χ2v) is 5.31. The topological polar surface area (TPSA) is 85.3 Å². The van der Waals surface area contributed by atoms with Gasteiger partial charge in [0.15, 0.2) is 17.6 Å². The minimum absolute atomic E-state index is 0.0132. The molecule has 0 aliphatic carbocycles. The molecule has 0 aromatic heterocycles. The molecule has 130 valence electrons. The number of methoxy groups -OCH3 is 2. The fourth-order valence-electron chi connectivity index (χ4n) is 2.64. The summed E-state index contributed by atoms with van der Waals surface area (Å²) in [6.45, 7) is 4.25. The number of benzene rings is 1. The number of nitrogens with zero attached hydrogens (tertiary/aromatic N) is 1. The Balaban J connectivity index is 2.33. The van der Waals surface area contributed by atoms with Crippen LogP contribution in [0, 0.1) is 0 Å². The van der Waals surface area contributed by atoms with Crippen molar-refractivity contribution in [2.24, 2.45) is 0 Å². The number of ether oxygens (including phenoxy) is 3. The van der Waals surface area contributed by atoms with Crippen LogP contribution in [0.15, 0.2) is 24.8 Å². The summed E-state index contributed by atoms with van der Waals surface area (Å²) in [6.07, 6.45) is 1.22. The van der Waals surface area contributed by atoms with E-state index in [1.807, 2.05) is 0 Å². The van der Waals surface area contributed by atoms with Crippen LogP contribution in [0.5, 0.6) is 11.5 Å². The standard InChI is InChI=1S/C17H21NO6/c1-4-5-11-8-12(9-13(22-2)15(11)23-3)16(19)18-6-7-24-14(10-18)17(20)21/h4,8-9,14H,1,5-7,10H2,2-3H3,(H,20,21). The molecule has 1 aliphatic rings. The minimum atomic E-state index is -1.08. The average molecular weight is 335 g/mol. The number of rotatable bonds is 6. The zero-order valence-electron chi connectivity index (χ0n) is 13.8. The maximum Gasteiger partial charge on any atom is 0.334 e. The molecule has 1 amide bonds. The number of carbonyl (C=O) groups is 2. The SMILES string of the molecule is C=CCc1cc(C(=O)N2CCOC(C(=O)O)C2)cc(OC)c1OC. The number of morpholine rings is 1. The number of hydrogen-bond acceptors (Lipinski definition) is 5. The van der Waals surface area contributed by atoms with E-state index in [-0.39, 0.29) is 19.1 Å². The van der Waals surface area contributed by atoms with Crippen LogP contribution in [0.1, 0.15) is 15.9 Å². The summed E-state index contributed by atoms with van der Waals surface area (Å²) in [7, 11) is 3.03. The van der Waals surface area contributed by atoms with E-state index < -0.39 is 12.1 Å². The predicted octanol–water partition coefficient (Wildman–Crippen LogP) is 1.36. The van der Waals surface area contributed by atoms with E-state index in [4.69, 9.17) is 19.3 Å². The fraction of sp³-hybridized carbons (Fsp3) is 0.412. The normalized spacial score (nSPS) is 17.2. The first-order valence-corrected chi connectivity index (χ1v) is 7.51. The lowest BCUT2D eigenvalue weighted by atomic mass is 10.0. The molecule has 1 saturated heterocycles. The molecule has 0 spiro atoms. The zero-order valence-corrected chi connectivity index (χ0v) is 13.8. The quantitative estimate of drug-likeness (QED) is 0.790. The molecule has 1 atom stereocenters. The maximum atomic E-state index is 12.7. The Morgan fingerprint density at radius 1 is 1.42 bits per heavy atom. The van der Waals surface area contributed by atoms with E-state index >= 15 is 0 Å². The van der Waals surface area contributed by atoms with Gasteiger partial charge in [-0.25, -0.2) is 4.79 Å². The van der Waals surface area contributed by atoms with E-state index in [2.05, 4.69) is 6.58 Å². The van der Waals surface area contributed by atoms with Gasteiger partial charge in [-0.05, 0) is 18.6 Å². The van der Waals surface area contributed by atoms with Crippen LogP contribution in [-0.2, 0) is 16.0 Å². The summed E-state index contributed by atoms with van der Waals surface area (Å²) in [5.41, 5.74) is 1.19. The van der Waals surface area contributed by atoms with Gasteiger partial charge in [0.05, 0.1) is 27.4 Å². The van der Waals surface area contributed by atoms with E-state index in [1.54, 1.807) is 18.2 Å². The van der Waals surface area contributed by atoms with Crippen molar-refractivity contribution in [3.8, 4) is 11.5 Å². The molecule has 1 N–H and O–H groups in total. The fourth-order valence-corrected chi connectivity index (χ4v) is 2.64. The Morgan fingerprint density at radius 2 is 2.17 bits per heavy atom. The van der Waals surface area contributed by atoms with Gasteiger partial charge in [0.2, 0.25) is 0 Å². The first kappa shape index (κ1) is 17.8. The number of carboxylic acids is 1. The van der Waals surface area contributed by atoms with E-state index in [1.165, 1.54) is 19.1 Å². The van der Waals surface area contributed by atoms with E-state index in [0.29, 0.717) is 30.0 Å². The van der Waals surface area contributed by atoms with Crippen molar-refractivity contribution in [2.45, 2.75) is 12.5 Å². The molecule has 2 rings (SSSR count). The van der Waals surface area contributed by atoms with Crippen molar-refractivity contribution < 1.29 is 28.9 Å². The molecule has 1 aromatic carbocycles. The van der Waals surface area contributed by atoms with Gasteiger partial charge in [-0.1, -0.05) is 6.08 Å². The highest BCUT2D eigenvalue weighted by atomic mass is 16.5. The molecule has 24 heavy (non-hydrogen) atoms. The molecular weight excluding hydrogens is 314 g/mol. The van der Waals surface area contributed by atoms with Crippen molar-refractivity contribution in [1.29, 1.82) is 0 Å². The van der Waals surface area contributed by atoms with E-state index in [9.17, 15) is 9.59 Å². The highest BCUT2D eigenvalue weighted by molar-refractivity contribution is 5.95. The zero-order chi connectivity index (χ0) is 17.7. The third-order valence-corrected chi connectivity index (χ3v) is 3.80. The average Bonchev–Trinajstić information content (AvgIpc) is 2.60. The number of hydrogen-bond donors (Lipinski definition) is 1. The third-order valence-electron chi connectivity index (χ3n) is 3.80. The van der Waals surface area contributed by atoms with Crippen molar-refractivity contribution >= 4 is 11.9 Å². The smallest absolute Gasteiger partial charge is 0.334 e. The van der Waals surface area contributed by atoms with Crippen LogP contribution >= 0.6 is 0 Å². The number of carbonyl (C=O) groups excluding carboxylic acids is 1. The molecule has 1 fully saturated rings. The van der Waals surface area contributed by atoms with Crippen LogP contribution < -0.4 is 9.47 Å². The molecule has 0 bridgehead atoms. The molecular formula is C17H21NO6. The van der Waals surface area contributed by atoms with E-state index in [0.717, 1.165) is 5.56 Å². The van der Waals surface area contributed by atoms with Gasteiger partial charge in [-0.2, -0.15) is 0 Å². The lowest BCUT2D eigenvalue weighted by Crippen LogP contribution is -2.48. The second-order valence-electron chi connectivity index (χ2n) is 5.31. The number of aliphatic carboxylic acids is 1. The van der Waals surface area contributed by atoms with Crippen LogP contribution in [0.3, 0.4) is 0 Å².